The Morgan fingerprint density at radius 3 is 2.45 bits per heavy atom. The first-order chi connectivity index (χ1) is 16.3. The molecule has 1 N–H and O–H groups in total. The normalized spacial score (nSPS) is 15.3. The fourth-order valence-electron chi connectivity index (χ4n) is 3.90. The molecule has 8 nitrogen and oxygen atoms in total. The molecule has 1 amide bonds. The number of anilines is 3. The van der Waals surface area contributed by atoms with Crippen LogP contribution in [0.2, 0.25) is 0 Å². The lowest BCUT2D eigenvalue weighted by molar-refractivity contribution is -0.113. The molecule has 0 spiro atoms. The predicted octanol–water partition coefficient (Wildman–Crippen LogP) is 3.31. The third-order valence-corrected chi connectivity index (χ3v) is 6.48. The number of amides is 1. The zero-order valence-corrected chi connectivity index (χ0v) is 19.0. The molecular formula is C24H25N5O3S. The molecule has 170 valence electrons. The summed E-state index contributed by atoms with van der Waals surface area (Å²) in [6, 6.07) is 15.9. The van der Waals surface area contributed by atoms with Crippen LogP contribution >= 0.6 is 11.8 Å². The van der Waals surface area contributed by atoms with Crippen molar-refractivity contribution in [1.29, 1.82) is 0 Å². The van der Waals surface area contributed by atoms with E-state index in [0.717, 1.165) is 37.0 Å². The molecule has 3 aromatic rings. The molecule has 9 heteroatoms. The number of carbonyl (C=O) groups excluding carboxylic acids is 1. The summed E-state index contributed by atoms with van der Waals surface area (Å²) in [4.78, 5) is 26.3. The summed E-state index contributed by atoms with van der Waals surface area (Å²) in [5.74, 6) is 2.32. The number of ether oxygens (including phenoxy) is 2. The van der Waals surface area contributed by atoms with Gasteiger partial charge in [-0.05, 0) is 24.3 Å². The van der Waals surface area contributed by atoms with E-state index >= 15 is 0 Å². The zero-order chi connectivity index (χ0) is 22.5. The molecule has 33 heavy (non-hydrogen) atoms. The molecule has 1 saturated heterocycles. The highest BCUT2D eigenvalue weighted by molar-refractivity contribution is 8.00. The quantitative estimate of drug-likeness (QED) is 0.558. The molecule has 0 unspecified atom stereocenters. The molecule has 2 aliphatic rings. The van der Waals surface area contributed by atoms with E-state index in [9.17, 15) is 4.79 Å². The summed E-state index contributed by atoms with van der Waals surface area (Å²) in [5.41, 5.74) is 1.92. The summed E-state index contributed by atoms with van der Waals surface area (Å²) >= 11 is 1.40. The summed E-state index contributed by atoms with van der Waals surface area (Å²) in [7, 11) is 0. The van der Waals surface area contributed by atoms with Gasteiger partial charge in [0.05, 0.1) is 5.75 Å². The average molecular weight is 464 g/mol. The minimum Gasteiger partial charge on any atom is -0.486 e. The number of piperazine rings is 1. The van der Waals surface area contributed by atoms with Gasteiger partial charge in [-0.3, -0.25) is 4.79 Å². The van der Waals surface area contributed by atoms with E-state index in [1.807, 2.05) is 18.2 Å². The summed E-state index contributed by atoms with van der Waals surface area (Å²) in [6.45, 7) is 4.58. The summed E-state index contributed by atoms with van der Waals surface area (Å²) in [6.07, 6.45) is 3.38. The molecule has 2 aromatic carbocycles. The number of nitrogens with zero attached hydrogens (tertiary/aromatic N) is 4. The molecule has 0 saturated carbocycles. The SMILES string of the molecule is O=C(CSc1nccnc1N1CCN(c2ccccc2)CC1)Nc1ccc2c(c1)OCCO2. The van der Waals surface area contributed by atoms with Crippen LogP contribution in [0.1, 0.15) is 0 Å². The number of hydrogen-bond donors (Lipinski definition) is 1. The molecule has 0 atom stereocenters. The molecule has 0 radical (unpaired) electrons. The van der Waals surface area contributed by atoms with Gasteiger partial charge in [-0.25, -0.2) is 9.97 Å². The van der Waals surface area contributed by atoms with Gasteiger partial charge in [-0.2, -0.15) is 0 Å². The van der Waals surface area contributed by atoms with Crippen LogP contribution in [-0.2, 0) is 4.79 Å². The van der Waals surface area contributed by atoms with Crippen LogP contribution < -0.4 is 24.6 Å². The number of hydrogen-bond acceptors (Lipinski definition) is 8. The number of benzene rings is 2. The van der Waals surface area contributed by atoms with Crippen molar-refractivity contribution in [3.63, 3.8) is 0 Å². The monoisotopic (exact) mass is 463 g/mol. The Bertz CT molecular complexity index is 1110. The van der Waals surface area contributed by atoms with Crippen LogP contribution in [0.5, 0.6) is 11.5 Å². The smallest absolute Gasteiger partial charge is 0.234 e. The van der Waals surface area contributed by atoms with Crippen LogP contribution in [0.15, 0.2) is 66.0 Å². The molecule has 5 rings (SSSR count). The number of nitrogens with one attached hydrogen (secondary N) is 1. The number of carbonyl (C=O) groups is 1. The predicted molar refractivity (Wildman–Crippen MR) is 130 cm³/mol. The van der Waals surface area contributed by atoms with Gasteiger partial charge in [0.1, 0.15) is 18.2 Å². The standard InChI is InChI=1S/C24H25N5O3S/c30-22(27-18-6-7-20-21(16-18)32-15-14-31-20)17-33-24-23(25-8-9-26-24)29-12-10-28(11-13-29)19-4-2-1-3-5-19/h1-9,16H,10-15,17H2,(H,27,30). The first kappa shape index (κ1) is 21.4. The highest BCUT2D eigenvalue weighted by atomic mass is 32.2. The second-order valence-electron chi connectivity index (χ2n) is 7.69. The molecule has 0 aliphatic carbocycles. The van der Waals surface area contributed by atoms with Gasteiger partial charge < -0.3 is 24.6 Å². The minimum absolute atomic E-state index is 0.109. The Morgan fingerprint density at radius 2 is 1.64 bits per heavy atom. The van der Waals surface area contributed by atoms with E-state index in [-0.39, 0.29) is 11.7 Å². The number of para-hydroxylation sites is 1. The van der Waals surface area contributed by atoms with Gasteiger partial charge in [-0.15, -0.1) is 0 Å². The lowest BCUT2D eigenvalue weighted by Crippen LogP contribution is -2.47. The van der Waals surface area contributed by atoms with Crippen molar-refractivity contribution in [2.45, 2.75) is 5.03 Å². The van der Waals surface area contributed by atoms with Crippen LogP contribution in [0.3, 0.4) is 0 Å². The van der Waals surface area contributed by atoms with Gasteiger partial charge in [0, 0.05) is 56.0 Å². The maximum Gasteiger partial charge on any atom is 0.234 e. The Morgan fingerprint density at radius 1 is 0.909 bits per heavy atom. The fourth-order valence-corrected chi connectivity index (χ4v) is 4.69. The third kappa shape index (κ3) is 5.14. The maximum atomic E-state index is 12.6. The molecular weight excluding hydrogens is 438 g/mol. The van der Waals surface area contributed by atoms with Crippen molar-refractivity contribution >= 4 is 34.9 Å². The molecule has 0 bridgehead atoms. The van der Waals surface area contributed by atoms with Gasteiger partial charge >= 0.3 is 0 Å². The largest absolute Gasteiger partial charge is 0.486 e. The number of thioether (sulfide) groups is 1. The second kappa shape index (κ2) is 9.99. The van der Waals surface area contributed by atoms with E-state index < -0.39 is 0 Å². The molecule has 3 heterocycles. The molecule has 2 aliphatic heterocycles. The third-order valence-electron chi connectivity index (χ3n) is 5.51. The lowest BCUT2D eigenvalue weighted by atomic mass is 10.2. The minimum atomic E-state index is -0.109. The van der Waals surface area contributed by atoms with Gasteiger partial charge in [-0.1, -0.05) is 30.0 Å². The van der Waals surface area contributed by atoms with Crippen LogP contribution in [0, 0.1) is 0 Å². The van der Waals surface area contributed by atoms with E-state index in [1.165, 1.54) is 17.4 Å². The van der Waals surface area contributed by atoms with Gasteiger partial charge in [0.25, 0.3) is 0 Å². The number of aromatic nitrogens is 2. The first-order valence-corrected chi connectivity index (χ1v) is 11.9. The van der Waals surface area contributed by atoms with Crippen molar-refractivity contribution in [1.82, 2.24) is 9.97 Å². The fraction of sp³-hybridized carbons (Fsp3) is 0.292. The Kier molecular flexibility index (Phi) is 6.48. The lowest BCUT2D eigenvalue weighted by Gasteiger charge is -2.37. The molecule has 1 fully saturated rings. The number of rotatable bonds is 6. The first-order valence-electron chi connectivity index (χ1n) is 10.9. The number of fused-ring (bicyclic) bond motifs is 1. The van der Waals surface area contributed by atoms with Crippen molar-refractivity contribution in [3.05, 3.63) is 60.9 Å². The van der Waals surface area contributed by atoms with Crippen LogP contribution in [0.4, 0.5) is 17.2 Å². The van der Waals surface area contributed by atoms with Crippen molar-refractivity contribution in [3.8, 4) is 11.5 Å². The van der Waals surface area contributed by atoms with Crippen molar-refractivity contribution in [2.75, 3.05) is 60.3 Å². The maximum absolute atomic E-state index is 12.6. The topological polar surface area (TPSA) is 79.8 Å². The summed E-state index contributed by atoms with van der Waals surface area (Å²) < 4.78 is 11.1. The zero-order valence-electron chi connectivity index (χ0n) is 18.1. The van der Waals surface area contributed by atoms with E-state index in [1.54, 1.807) is 18.5 Å². The van der Waals surface area contributed by atoms with Crippen molar-refractivity contribution < 1.29 is 14.3 Å². The van der Waals surface area contributed by atoms with E-state index in [0.29, 0.717) is 30.4 Å². The van der Waals surface area contributed by atoms with Crippen molar-refractivity contribution in [2.24, 2.45) is 0 Å². The van der Waals surface area contributed by atoms with Crippen LogP contribution in [-0.4, -0.2) is 61.0 Å². The highest BCUT2D eigenvalue weighted by Gasteiger charge is 2.22. The van der Waals surface area contributed by atoms with E-state index in [2.05, 4.69) is 49.4 Å². The summed E-state index contributed by atoms with van der Waals surface area (Å²) in [5, 5.41) is 3.69. The average Bonchev–Trinajstić information content (AvgIpc) is 2.88. The Labute approximate surface area is 196 Å². The highest BCUT2D eigenvalue weighted by Crippen LogP contribution is 2.33. The second-order valence-corrected chi connectivity index (χ2v) is 8.65. The Balaban J connectivity index is 1.18. The Hall–Kier alpha value is -3.46. The van der Waals surface area contributed by atoms with Gasteiger partial charge in [0.15, 0.2) is 17.3 Å². The molecule has 1 aromatic heterocycles. The van der Waals surface area contributed by atoms with E-state index in [4.69, 9.17) is 9.47 Å². The van der Waals surface area contributed by atoms with Crippen LogP contribution in [0.25, 0.3) is 0 Å². The van der Waals surface area contributed by atoms with Gasteiger partial charge in [0.2, 0.25) is 5.91 Å².